The molecule has 2 aromatic rings. The van der Waals surface area contributed by atoms with Gasteiger partial charge in [-0.15, -0.1) is 0 Å². The first kappa shape index (κ1) is 17.4. The van der Waals surface area contributed by atoms with Crippen molar-refractivity contribution in [2.45, 2.75) is 30.8 Å². The third-order valence-corrected chi connectivity index (χ3v) is 6.43. The summed E-state index contributed by atoms with van der Waals surface area (Å²) in [7, 11) is -1.72. The van der Waals surface area contributed by atoms with E-state index in [1.165, 1.54) is 18.3 Å². The van der Waals surface area contributed by atoms with Crippen LogP contribution in [0.3, 0.4) is 0 Å². The Bertz CT molecular complexity index is 903. The summed E-state index contributed by atoms with van der Waals surface area (Å²) in [4.78, 5) is 6.14. The summed E-state index contributed by atoms with van der Waals surface area (Å²) in [5.74, 6) is 0. The van der Waals surface area contributed by atoms with E-state index >= 15 is 0 Å². The van der Waals surface area contributed by atoms with Crippen LogP contribution in [0.15, 0.2) is 47.5 Å². The van der Waals surface area contributed by atoms with Crippen molar-refractivity contribution in [3.8, 4) is 6.07 Å². The van der Waals surface area contributed by atoms with Crippen molar-refractivity contribution in [2.75, 3.05) is 18.5 Å². The van der Waals surface area contributed by atoms with E-state index in [9.17, 15) is 8.42 Å². The van der Waals surface area contributed by atoms with E-state index in [-0.39, 0.29) is 16.6 Å². The second-order valence-electron chi connectivity index (χ2n) is 6.11. The summed E-state index contributed by atoms with van der Waals surface area (Å²) >= 11 is 0. The minimum absolute atomic E-state index is 0.118. The van der Waals surface area contributed by atoms with Gasteiger partial charge in [-0.1, -0.05) is 25.1 Å². The van der Waals surface area contributed by atoms with Crippen LogP contribution in [0.5, 0.6) is 0 Å². The van der Waals surface area contributed by atoms with Gasteiger partial charge in [0.05, 0.1) is 0 Å². The van der Waals surface area contributed by atoms with Crippen molar-refractivity contribution in [1.29, 1.82) is 5.26 Å². The molecule has 1 atom stereocenters. The number of benzene rings is 1. The van der Waals surface area contributed by atoms with E-state index in [0.29, 0.717) is 19.5 Å². The molecule has 0 saturated heterocycles. The Labute approximate surface area is 148 Å². The monoisotopic (exact) mass is 356 g/mol. The smallest absolute Gasteiger partial charge is 0.245 e. The van der Waals surface area contributed by atoms with E-state index in [1.807, 2.05) is 44.3 Å². The Kier molecular flexibility index (Phi) is 4.75. The molecule has 0 saturated carbocycles. The summed E-state index contributed by atoms with van der Waals surface area (Å²) in [5, 5.41) is 8.86. The molecule has 1 aliphatic heterocycles. The van der Waals surface area contributed by atoms with E-state index in [0.717, 1.165) is 11.3 Å². The van der Waals surface area contributed by atoms with E-state index in [1.54, 1.807) is 4.31 Å². The fourth-order valence-electron chi connectivity index (χ4n) is 3.17. The lowest BCUT2D eigenvalue weighted by Gasteiger charge is -2.29. The van der Waals surface area contributed by atoms with Crippen LogP contribution >= 0.6 is 0 Å². The molecule has 0 bridgehead atoms. The predicted octanol–water partition coefficient (Wildman–Crippen LogP) is 2.37. The van der Waals surface area contributed by atoms with Gasteiger partial charge in [-0.2, -0.15) is 9.57 Å². The number of anilines is 1. The van der Waals surface area contributed by atoms with Crippen molar-refractivity contribution >= 4 is 15.7 Å². The molecule has 0 N–H and O–H groups in total. The number of nitrogens with zero attached hydrogens (tertiary/aromatic N) is 4. The number of nitriles is 1. The fraction of sp³-hybridized carbons (Fsp3) is 0.333. The topological polar surface area (TPSA) is 77.3 Å². The highest BCUT2D eigenvalue weighted by atomic mass is 32.2. The standard InChI is InChI=1S/C18H20N4O2S/c1-3-16-13-21(2)18-7-5-4-6-14(18)12-22(16)25(23,24)17-9-8-15(10-19)20-11-17/h4-9,11,16H,3,12-13H2,1-2H3/t16-/m0/s1. The second-order valence-corrected chi connectivity index (χ2v) is 8.00. The Hall–Kier alpha value is -2.43. The van der Waals surface area contributed by atoms with Gasteiger partial charge in [-0.05, 0) is 30.2 Å². The van der Waals surface area contributed by atoms with E-state index in [4.69, 9.17) is 5.26 Å². The number of likely N-dealkylation sites (N-methyl/N-ethyl adjacent to an activating group) is 1. The zero-order valence-corrected chi connectivity index (χ0v) is 15.1. The summed E-state index contributed by atoms with van der Waals surface area (Å²) in [6.07, 6.45) is 1.97. The normalized spacial score (nSPS) is 18.3. The van der Waals surface area contributed by atoms with Gasteiger partial charge in [0, 0.05) is 38.1 Å². The molecule has 130 valence electrons. The summed E-state index contributed by atoms with van der Waals surface area (Å²) in [6.45, 7) is 2.94. The average Bonchev–Trinajstić information content (AvgIpc) is 2.79. The SMILES string of the molecule is CC[C@H]1CN(C)c2ccccc2CN1S(=O)(=O)c1ccc(C#N)nc1. The van der Waals surface area contributed by atoms with Crippen molar-refractivity contribution < 1.29 is 8.42 Å². The van der Waals surface area contributed by atoms with Gasteiger partial charge in [0.1, 0.15) is 16.7 Å². The lowest BCUT2D eigenvalue weighted by atomic mass is 10.1. The maximum atomic E-state index is 13.2. The molecule has 0 fully saturated rings. The van der Waals surface area contributed by atoms with Crippen LogP contribution in [0.25, 0.3) is 0 Å². The minimum Gasteiger partial charge on any atom is -0.373 e. The lowest BCUT2D eigenvalue weighted by molar-refractivity contribution is 0.315. The number of sulfonamides is 1. The first-order valence-corrected chi connectivity index (χ1v) is 9.58. The summed E-state index contributed by atoms with van der Waals surface area (Å²) < 4.78 is 28.0. The highest BCUT2D eigenvalue weighted by Crippen LogP contribution is 2.30. The van der Waals surface area contributed by atoms with Crippen LogP contribution < -0.4 is 4.90 Å². The molecule has 1 aliphatic rings. The van der Waals surface area contributed by atoms with Crippen molar-refractivity contribution in [2.24, 2.45) is 0 Å². The minimum atomic E-state index is -3.70. The van der Waals surface area contributed by atoms with Gasteiger partial charge in [-0.3, -0.25) is 0 Å². The molecule has 1 aromatic carbocycles. The zero-order valence-electron chi connectivity index (χ0n) is 14.3. The van der Waals surface area contributed by atoms with Gasteiger partial charge in [0.15, 0.2) is 0 Å². The predicted molar refractivity (Wildman–Crippen MR) is 95.5 cm³/mol. The molecule has 0 radical (unpaired) electrons. The Morgan fingerprint density at radius 2 is 2.04 bits per heavy atom. The van der Waals surface area contributed by atoms with Gasteiger partial charge >= 0.3 is 0 Å². The number of hydrogen-bond donors (Lipinski definition) is 0. The quantitative estimate of drug-likeness (QED) is 0.844. The average molecular weight is 356 g/mol. The van der Waals surface area contributed by atoms with Crippen LogP contribution in [0, 0.1) is 11.3 Å². The van der Waals surface area contributed by atoms with Crippen LogP contribution in [-0.2, 0) is 16.6 Å². The zero-order chi connectivity index (χ0) is 18.0. The lowest BCUT2D eigenvalue weighted by Crippen LogP contribution is -2.43. The maximum absolute atomic E-state index is 13.2. The molecule has 0 aliphatic carbocycles. The van der Waals surface area contributed by atoms with Crippen molar-refractivity contribution in [1.82, 2.24) is 9.29 Å². The molecule has 3 rings (SSSR count). The number of aromatic nitrogens is 1. The van der Waals surface area contributed by atoms with E-state index < -0.39 is 10.0 Å². The summed E-state index contributed by atoms with van der Waals surface area (Å²) in [5.41, 5.74) is 2.23. The van der Waals surface area contributed by atoms with Crippen LogP contribution in [0.1, 0.15) is 24.6 Å². The summed E-state index contributed by atoms with van der Waals surface area (Å²) in [6, 6.07) is 12.5. The number of fused-ring (bicyclic) bond motifs is 1. The third kappa shape index (κ3) is 3.23. The van der Waals surface area contributed by atoms with Gasteiger partial charge in [-0.25, -0.2) is 13.4 Å². The number of rotatable bonds is 3. The van der Waals surface area contributed by atoms with E-state index in [2.05, 4.69) is 9.88 Å². The maximum Gasteiger partial charge on any atom is 0.245 e. The molecule has 7 heteroatoms. The molecule has 6 nitrogen and oxygen atoms in total. The highest BCUT2D eigenvalue weighted by molar-refractivity contribution is 7.89. The molecule has 25 heavy (non-hydrogen) atoms. The van der Waals surface area contributed by atoms with Gasteiger partial charge in [0.2, 0.25) is 10.0 Å². The van der Waals surface area contributed by atoms with Gasteiger partial charge < -0.3 is 4.90 Å². The fourth-order valence-corrected chi connectivity index (χ4v) is 4.78. The first-order valence-electron chi connectivity index (χ1n) is 8.14. The Balaban J connectivity index is 2.04. The van der Waals surface area contributed by atoms with Gasteiger partial charge in [0.25, 0.3) is 0 Å². The molecule has 0 spiro atoms. The Morgan fingerprint density at radius 3 is 2.68 bits per heavy atom. The molecule has 0 unspecified atom stereocenters. The highest BCUT2D eigenvalue weighted by Gasteiger charge is 2.34. The molecule has 2 heterocycles. The third-order valence-electron chi connectivity index (χ3n) is 4.55. The number of pyridine rings is 1. The number of para-hydroxylation sites is 1. The Morgan fingerprint density at radius 1 is 1.28 bits per heavy atom. The molecule has 1 aromatic heterocycles. The molecular formula is C18H20N4O2S. The van der Waals surface area contributed by atoms with Crippen LogP contribution in [0.2, 0.25) is 0 Å². The largest absolute Gasteiger partial charge is 0.373 e. The molecular weight excluding hydrogens is 336 g/mol. The van der Waals surface area contributed by atoms with Crippen LogP contribution in [-0.4, -0.2) is 37.3 Å². The first-order chi connectivity index (χ1) is 12.0. The molecule has 0 amide bonds. The van der Waals surface area contributed by atoms with Crippen molar-refractivity contribution in [3.63, 3.8) is 0 Å². The second kappa shape index (κ2) is 6.82. The van der Waals surface area contributed by atoms with Crippen LogP contribution in [0.4, 0.5) is 5.69 Å². The van der Waals surface area contributed by atoms with Crippen molar-refractivity contribution in [3.05, 3.63) is 53.9 Å². The number of hydrogen-bond acceptors (Lipinski definition) is 5.